The Balaban J connectivity index is 1.16. The van der Waals surface area contributed by atoms with Gasteiger partial charge < -0.3 is 0 Å². The number of fused-ring (bicyclic) bond motifs is 3. The zero-order chi connectivity index (χ0) is 35.8. The van der Waals surface area contributed by atoms with Gasteiger partial charge in [0.25, 0.3) is 0 Å². The van der Waals surface area contributed by atoms with Gasteiger partial charge in [0.05, 0.1) is 5.52 Å². The van der Waals surface area contributed by atoms with Gasteiger partial charge in [0.2, 0.25) is 0 Å². The maximum Gasteiger partial charge on any atom is 0.0780 e. The fourth-order valence-corrected chi connectivity index (χ4v) is 8.23. The Morgan fingerprint density at radius 2 is 0.741 bits per heavy atom. The first-order chi connectivity index (χ1) is 26.8. The van der Waals surface area contributed by atoms with E-state index in [0.717, 1.165) is 22.0 Å². The van der Waals surface area contributed by atoms with Crippen LogP contribution >= 0.6 is 0 Å². The van der Waals surface area contributed by atoms with Gasteiger partial charge in [-0.2, -0.15) is 0 Å². The van der Waals surface area contributed by atoms with Crippen LogP contribution in [0.25, 0.3) is 99.2 Å². The van der Waals surface area contributed by atoms with Crippen LogP contribution in [0.15, 0.2) is 212 Å². The number of benzene rings is 9. The van der Waals surface area contributed by atoms with Crippen molar-refractivity contribution in [3.8, 4) is 66.8 Å². The second-order valence-corrected chi connectivity index (χ2v) is 13.9. The molecule has 0 unspecified atom stereocenters. The van der Waals surface area contributed by atoms with Gasteiger partial charge in [-0.1, -0.05) is 182 Å². The minimum Gasteiger partial charge on any atom is -0.256 e. The van der Waals surface area contributed by atoms with E-state index < -0.39 is 0 Å². The summed E-state index contributed by atoms with van der Waals surface area (Å²) in [7, 11) is 0. The fourth-order valence-electron chi connectivity index (χ4n) is 8.23. The van der Waals surface area contributed by atoms with E-state index in [9.17, 15) is 0 Å². The summed E-state index contributed by atoms with van der Waals surface area (Å²) < 4.78 is 0. The molecule has 1 heteroatoms. The number of nitrogens with zero attached hydrogens (tertiary/aromatic N) is 1. The maximum absolute atomic E-state index is 4.77. The van der Waals surface area contributed by atoms with E-state index in [1.54, 1.807) is 0 Å². The molecule has 0 aliphatic heterocycles. The summed E-state index contributed by atoms with van der Waals surface area (Å²) in [6, 6.07) is 74.8. The zero-order valence-electron chi connectivity index (χ0n) is 29.7. The first-order valence-electron chi connectivity index (χ1n) is 18.5. The van der Waals surface area contributed by atoms with Crippen molar-refractivity contribution < 1.29 is 0 Å². The average molecular weight is 686 g/mol. The second kappa shape index (κ2) is 13.5. The Bertz CT molecular complexity index is 2920. The van der Waals surface area contributed by atoms with Crippen molar-refractivity contribution in [3.63, 3.8) is 0 Å². The van der Waals surface area contributed by atoms with Gasteiger partial charge in [-0.3, -0.25) is 4.98 Å². The molecule has 1 heterocycles. The van der Waals surface area contributed by atoms with Crippen LogP contribution < -0.4 is 0 Å². The number of hydrogen-bond donors (Lipinski definition) is 0. The van der Waals surface area contributed by atoms with E-state index in [0.29, 0.717) is 0 Å². The average Bonchev–Trinajstić information content (AvgIpc) is 3.26. The lowest BCUT2D eigenvalue weighted by molar-refractivity contribution is 1.41. The number of para-hydroxylation sites is 1. The van der Waals surface area contributed by atoms with E-state index in [1.807, 2.05) is 12.3 Å². The highest BCUT2D eigenvalue weighted by molar-refractivity contribution is 6.21. The number of pyridine rings is 1. The molecule has 0 fully saturated rings. The highest BCUT2D eigenvalue weighted by Crippen LogP contribution is 2.45. The van der Waals surface area contributed by atoms with Crippen molar-refractivity contribution in [1.82, 2.24) is 4.98 Å². The van der Waals surface area contributed by atoms with Crippen LogP contribution in [0.1, 0.15) is 0 Å². The topological polar surface area (TPSA) is 12.9 Å². The molecule has 0 bridgehead atoms. The van der Waals surface area contributed by atoms with Crippen LogP contribution in [0.3, 0.4) is 0 Å². The van der Waals surface area contributed by atoms with Crippen molar-refractivity contribution in [2.24, 2.45) is 0 Å². The summed E-state index contributed by atoms with van der Waals surface area (Å²) in [5, 5.41) is 6.10. The van der Waals surface area contributed by atoms with Crippen LogP contribution in [-0.4, -0.2) is 4.98 Å². The Hall–Kier alpha value is -7.09. The summed E-state index contributed by atoms with van der Waals surface area (Å²) in [6.07, 6.45) is 1.88. The summed E-state index contributed by atoms with van der Waals surface area (Å²) in [6.45, 7) is 0. The molecule has 1 aromatic heterocycles. The summed E-state index contributed by atoms with van der Waals surface area (Å²) >= 11 is 0. The predicted molar refractivity (Wildman–Crippen MR) is 229 cm³/mol. The van der Waals surface area contributed by atoms with Gasteiger partial charge in [0.15, 0.2) is 0 Å². The lowest BCUT2D eigenvalue weighted by Gasteiger charge is -2.19. The van der Waals surface area contributed by atoms with E-state index in [1.165, 1.54) is 77.2 Å². The van der Waals surface area contributed by atoms with Crippen LogP contribution in [0, 0.1) is 0 Å². The smallest absolute Gasteiger partial charge is 0.0780 e. The first kappa shape index (κ1) is 31.6. The molecular formula is C53H35N. The first-order valence-corrected chi connectivity index (χ1v) is 18.5. The highest BCUT2D eigenvalue weighted by Gasteiger charge is 2.18. The van der Waals surface area contributed by atoms with E-state index in [-0.39, 0.29) is 0 Å². The molecule has 0 saturated carbocycles. The fraction of sp³-hybridized carbons (Fsp3) is 0. The molecule has 252 valence electrons. The standard InChI is InChI=1S/C53H35N/c1-3-15-36(16-4-1)39-30-31-44(50(35-39)37-17-5-2-6-18-37)40-20-11-22-42(33-40)51-46-25-7-9-27-48(46)52(49-28-10-8-26-47(49)51)43-23-12-21-41(34-43)45-29-13-19-38-24-14-32-54-53(38)45/h1-35H. The van der Waals surface area contributed by atoms with E-state index in [4.69, 9.17) is 4.98 Å². The highest BCUT2D eigenvalue weighted by atomic mass is 14.6. The molecule has 0 radical (unpaired) electrons. The van der Waals surface area contributed by atoms with Crippen LogP contribution in [-0.2, 0) is 0 Å². The molecule has 54 heavy (non-hydrogen) atoms. The van der Waals surface area contributed by atoms with Crippen molar-refractivity contribution in [1.29, 1.82) is 0 Å². The molecule has 0 spiro atoms. The Morgan fingerprint density at radius 3 is 1.35 bits per heavy atom. The zero-order valence-corrected chi connectivity index (χ0v) is 29.7. The maximum atomic E-state index is 4.77. The lowest BCUT2D eigenvalue weighted by atomic mass is 9.84. The molecule has 10 rings (SSSR count). The Kier molecular flexibility index (Phi) is 7.89. The van der Waals surface area contributed by atoms with Crippen LogP contribution in [0.5, 0.6) is 0 Å². The van der Waals surface area contributed by atoms with Gasteiger partial charge in [0.1, 0.15) is 0 Å². The largest absolute Gasteiger partial charge is 0.256 e. The lowest BCUT2D eigenvalue weighted by Crippen LogP contribution is -1.92. The third-order valence-electron chi connectivity index (χ3n) is 10.7. The molecule has 0 amide bonds. The quantitative estimate of drug-likeness (QED) is 0.159. The van der Waals surface area contributed by atoms with Crippen molar-refractivity contribution >= 4 is 32.4 Å². The van der Waals surface area contributed by atoms with Gasteiger partial charge in [-0.05, 0) is 107 Å². The molecule has 9 aromatic carbocycles. The molecule has 0 N–H and O–H groups in total. The molecule has 0 aliphatic carbocycles. The molecule has 0 aliphatic rings. The van der Waals surface area contributed by atoms with Crippen LogP contribution in [0.2, 0.25) is 0 Å². The van der Waals surface area contributed by atoms with Crippen molar-refractivity contribution in [3.05, 3.63) is 212 Å². The summed E-state index contributed by atoms with van der Waals surface area (Å²) in [5.74, 6) is 0. The SMILES string of the molecule is c1ccc(-c2ccc(-c3cccc(-c4c5ccccc5c(-c5cccc(-c6cccc7cccnc67)c5)c5ccccc45)c3)c(-c3ccccc3)c2)cc1. The summed E-state index contributed by atoms with van der Waals surface area (Å²) in [5.41, 5.74) is 15.5. The van der Waals surface area contributed by atoms with E-state index >= 15 is 0 Å². The number of aromatic nitrogens is 1. The van der Waals surface area contributed by atoms with Crippen molar-refractivity contribution in [2.75, 3.05) is 0 Å². The summed E-state index contributed by atoms with van der Waals surface area (Å²) in [4.78, 5) is 4.77. The predicted octanol–water partition coefficient (Wildman–Crippen LogP) is 14.5. The van der Waals surface area contributed by atoms with Gasteiger partial charge in [-0.15, -0.1) is 0 Å². The Morgan fingerprint density at radius 1 is 0.259 bits per heavy atom. The Labute approximate surface area is 315 Å². The minimum atomic E-state index is 1.02. The third-order valence-corrected chi connectivity index (χ3v) is 10.7. The number of hydrogen-bond acceptors (Lipinski definition) is 1. The molecule has 1 nitrogen and oxygen atoms in total. The minimum absolute atomic E-state index is 1.02. The molecule has 0 saturated heterocycles. The van der Waals surface area contributed by atoms with Gasteiger partial charge in [-0.25, -0.2) is 0 Å². The van der Waals surface area contributed by atoms with Gasteiger partial charge >= 0.3 is 0 Å². The molecule has 10 aromatic rings. The molecule has 0 atom stereocenters. The normalized spacial score (nSPS) is 11.3. The van der Waals surface area contributed by atoms with Crippen LogP contribution in [0.4, 0.5) is 0 Å². The monoisotopic (exact) mass is 685 g/mol. The van der Waals surface area contributed by atoms with Gasteiger partial charge in [0, 0.05) is 17.1 Å². The molecular weight excluding hydrogens is 651 g/mol. The third kappa shape index (κ3) is 5.55. The van der Waals surface area contributed by atoms with Crippen molar-refractivity contribution in [2.45, 2.75) is 0 Å². The second-order valence-electron chi connectivity index (χ2n) is 13.9. The number of rotatable bonds is 6. The van der Waals surface area contributed by atoms with E-state index in [2.05, 4.69) is 200 Å².